The van der Waals surface area contributed by atoms with E-state index < -0.39 is 48.4 Å². The highest BCUT2D eigenvalue weighted by Gasteiger charge is 2.37. The van der Waals surface area contributed by atoms with Crippen molar-refractivity contribution in [3.63, 3.8) is 0 Å². The molecule has 1 aromatic rings. The number of nitrogens with zero attached hydrogens (tertiary/aromatic N) is 3. The number of hydrogen-bond acceptors (Lipinski definition) is 11. The van der Waals surface area contributed by atoms with Crippen LogP contribution in [0.2, 0.25) is 0 Å². The second-order valence-electron chi connectivity index (χ2n) is 7.08. The molecule has 1 aliphatic heterocycles. The zero-order chi connectivity index (χ0) is 23.0. The van der Waals surface area contributed by atoms with E-state index in [2.05, 4.69) is 10.3 Å². The van der Waals surface area contributed by atoms with Crippen molar-refractivity contribution in [1.82, 2.24) is 15.0 Å². The number of ketones is 1. The van der Waals surface area contributed by atoms with E-state index in [9.17, 15) is 19.5 Å². The molecule has 0 saturated carbocycles. The van der Waals surface area contributed by atoms with Crippen LogP contribution in [0.1, 0.15) is 26.5 Å². The predicted molar refractivity (Wildman–Crippen MR) is 102 cm³/mol. The molecular weight excluding hydrogens is 414 g/mol. The van der Waals surface area contributed by atoms with Gasteiger partial charge in [-0.05, 0) is 19.1 Å². The van der Waals surface area contributed by atoms with Gasteiger partial charge in [0.15, 0.2) is 17.7 Å². The maximum absolute atomic E-state index is 12.1. The topological polar surface area (TPSA) is 159 Å². The van der Waals surface area contributed by atoms with Gasteiger partial charge >= 0.3 is 11.9 Å². The van der Waals surface area contributed by atoms with Gasteiger partial charge in [-0.15, -0.1) is 5.10 Å². The number of aliphatic hydroxyl groups is 2. The fraction of sp³-hybridized carbons (Fsp3) is 0.632. The summed E-state index contributed by atoms with van der Waals surface area (Å²) in [6.45, 7) is 2.76. The summed E-state index contributed by atoms with van der Waals surface area (Å²) < 4.78 is 22.6. The van der Waals surface area contributed by atoms with E-state index >= 15 is 0 Å². The Morgan fingerprint density at radius 3 is 2.58 bits per heavy atom. The lowest BCUT2D eigenvalue weighted by Crippen LogP contribution is -2.48. The van der Waals surface area contributed by atoms with Crippen LogP contribution in [-0.4, -0.2) is 86.8 Å². The third-order valence-electron chi connectivity index (χ3n) is 4.41. The first-order valence-electron chi connectivity index (χ1n) is 9.62. The minimum absolute atomic E-state index is 0.104. The molecule has 1 aromatic heterocycles. The summed E-state index contributed by atoms with van der Waals surface area (Å²) in [6.07, 6.45) is 2.19. The maximum atomic E-state index is 12.1. The van der Waals surface area contributed by atoms with Crippen LogP contribution in [0.3, 0.4) is 0 Å². The van der Waals surface area contributed by atoms with Gasteiger partial charge in [-0.2, -0.15) is 0 Å². The molecule has 0 saturated heterocycles. The molecule has 0 aliphatic carbocycles. The number of carbonyl (C=O) groups excluding carboxylic acids is 3. The van der Waals surface area contributed by atoms with Gasteiger partial charge in [0, 0.05) is 33.1 Å². The smallest absolute Gasteiger partial charge is 0.303 e. The maximum Gasteiger partial charge on any atom is 0.303 e. The summed E-state index contributed by atoms with van der Waals surface area (Å²) >= 11 is 0. The minimum Gasteiger partial charge on any atom is -0.463 e. The van der Waals surface area contributed by atoms with Crippen molar-refractivity contribution in [1.29, 1.82) is 0 Å². The molecule has 0 radical (unpaired) electrons. The Labute approximate surface area is 178 Å². The van der Waals surface area contributed by atoms with E-state index in [1.807, 2.05) is 0 Å². The number of ether oxygens (including phenoxy) is 4. The normalized spacial score (nSPS) is 22.5. The summed E-state index contributed by atoms with van der Waals surface area (Å²) in [5, 5.41) is 27.4. The summed E-state index contributed by atoms with van der Waals surface area (Å²) in [5.74, 6) is -1.62. The molecule has 172 valence electrons. The molecular formula is C19H27N3O9. The molecule has 1 aliphatic rings. The Hall–Kier alpha value is -2.67. The van der Waals surface area contributed by atoms with Crippen LogP contribution in [0.5, 0.6) is 0 Å². The number of rotatable bonds is 11. The zero-order valence-corrected chi connectivity index (χ0v) is 17.6. The van der Waals surface area contributed by atoms with Crippen molar-refractivity contribution in [2.24, 2.45) is 0 Å². The SMILES string of the molecule is CC(=O)OC[C@H]1O[C@H](OCC(O)(Cn2cc(CCO)nn2)C(C)=O)C=C[C@@H]1OC(C)=O. The van der Waals surface area contributed by atoms with E-state index in [-0.39, 0.29) is 19.8 Å². The largest absolute Gasteiger partial charge is 0.463 e. The lowest BCUT2D eigenvalue weighted by molar-refractivity contribution is -0.211. The summed E-state index contributed by atoms with van der Waals surface area (Å²) in [5.41, 5.74) is -1.41. The van der Waals surface area contributed by atoms with Crippen molar-refractivity contribution in [2.75, 3.05) is 19.8 Å². The van der Waals surface area contributed by atoms with Crippen LogP contribution < -0.4 is 0 Å². The lowest BCUT2D eigenvalue weighted by atomic mass is 10.0. The molecule has 0 amide bonds. The number of Topliss-reactive ketones (excluding diaryl/α,β-unsaturated/α-hetero) is 1. The number of esters is 2. The highest BCUT2D eigenvalue weighted by Crippen LogP contribution is 2.20. The molecule has 31 heavy (non-hydrogen) atoms. The van der Waals surface area contributed by atoms with Crippen molar-refractivity contribution >= 4 is 17.7 Å². The molecule has 4 atom stereocenters. The number of aliphatic hydroxyl groups excluding tert-OH is 1. The Morgan fingerprint density at radius 1 is 1.23 bits per heavy atom. The second-order valence-corrected chi connectivity index (χ2v) is 7.08. The Morgan fingerprint density at radius 2 is 1.97 bits per heavy atom. The first-order chi connectivity index (χ1) is 14.6. The average molecular weight is 441 g/mol. The molecule has 0 bridgehead atoms. The zero-order valence-electron chi connectivity index (χ0n) is 17.6. The number of carbonyl (C=O) groups is 3. The van der Waals surface area contributed by atoms with E-state index in [0.29, 0.717) is 12.1 Å². The van der Waals surface area contributed by atoms with Gasteiger partial charge in [-0.1, -0.05) is 5.21 Å². The van der Waals surface area contributed by atoms with Crippen LogP contribution in [0, 0.1) is 0 Å². The van der Waals surface area contributed by atoms with Crippen molar-refractivity contribution in [2.45, 2.75) is 57.8 Å². The summed E-state index contributed by atoms with van der Waals surface area (Å²) in [6, 6.07) is 0. The van der Waals surface area contributed by atoms with E-state index in [1.54, 1.807) is 0 Å². The summed E-state index contributed by atoms with van der Waals surface area (Å²) in [4.78, 5) is 34.5. The third-order valence-corrected chi connectivity index (χ3v) is 4.41. The van der Waals surface area contributed by atoms with Gasteiger partial charge in [0.25, 0.3) is 0 Å². The van der Waals surface area contributed by atoms with E-state index in [1.165, 1.54) is 43.8 Å². The van der Waals surface area contributed by atoms with Gasteiger partial charge in [-0.25, -0.2) is 4.68 Å². The van der Waals surface area contributed by atoms with E-state index in [4.69, 9.17) is 24.1 Å². The van der Waals surface area contributed by atoms with Crippen LogP contribution in [0.4, 0.5) is 0 Å². The predicted octanol–water partition coefficient (Wildman–Crippen LogP) is -1.07. The Balaban J connectivity index is 2.03. The van der Waals surface area contributed by atoms with Gasteiger partial charge in [0.05, 0.1) is 18.8 Å². The fourth-order valence-corrected chi connectivity index (χ4v) is 2.75. The third kappa shape index (κ3) is 7.51. The Bertz CT molecular complexity index is 809. The molecule has 0 aromatic carbocycles. The molecule has 2 N–H and O–H groups in total. The number of hydrogen-bond donors (Lipinski definition) is 2. The standard InChI is InChI=1S/C19H27N3O9/c1-12(24)19(27,10-22-8-15(6-7-23)20-21-22)11-29-18-5-4-16(30-14(3)26)17(31-18)9-28-13(2)25/h4-5,8,16-18,23,27H,6-7,9-11H2,1-3H3/t16-,17+,18-,19?/m0/s1. The fourth-order valence-electron chi connectivity index (χ4n) is 2.75. The van der Waals surface area contributed by atoms with Crippen LogP contribution in [0.15, 0.2) is 18.3 Å². The van der Waals surface area contributed by atoms with Crippen molar-refractivity contribution in [3.05, 3.63) is 24.0 Å². The van der Waals surface area contributed by atoms with E-state index in [0.717, 1.165) is 0 Å². The second kappa shape index (κ2) is 11.1. The lowest BCUT2D eigenvalue weighted by Gasteiger charge is -2.33. The van der Waals surface area contributed by atoms with Crippen LogP contribution in [0.25, 0.3) is 0 Å². The van der Waals surface area contributed by atoms with Crippen LogP contribution >= 0.6 is 0 Å². The van der Waals surface area contributed by atoms with Gasteiger partial charge < -0.3 is 29.2 Å². The molecule has 12 heteroatoms. The van der Waals surface area contributed by atoms with Crippen molar-refractivity contribution < 1.29 is 43.5 Å². The van der Waals surface area contributed by atoms with Gasteiger partial charge in [-0.3, -0.25) is 14.4 Å². The van der Waals surface area contributed by atoms with Crippen LogP contribution in [-0.2, 0) is 46.3 Å². The average Bonchev–Trinajstić information content (AvgIpc) is 3.12. The first kappa shape index (κ1) is 24.6. The molecule has 2 heterocycles. The van der Waals surface area contributed by atoms with Gasteiger partial charge in [0.1, 0.15) is 18.8 Å². The Kier molecular flexibility index (Phi) is 8.80. The molecule has 12 nitrogen and oxygen atoms in total. The first-order valence-corrected chi connectivity index (χ1v) is 9.62. The number of aromatic nitrogens is 3. The molecule has 0 fully saturated rings. The summed E-state index contributed by atoms with van der Waals surface area (Å²) in [7, 11) is 0. The van der Waals surface area contributed by atoms with Crippen molar-refractivity contribution in [3.8, 4) is 0 Å². The molecule has 2 rings (SSSR count). The molecule has 1 unspecified atom stereocenters. The van der Waals surface area contributed by atoms with Gasteiger partial charge in [0.2, 0.25) is 0 Å². The quantitative estimate of drug-likeness (QED) is 0.318. The highest BCUT2D eigenvalue weighted by molar-refractivity contribution is 5.84. The monoisotopic (exact) mass is 441 g/mol. The molecule has 0 spiro atoms. The minimum atomic E-state index is -1.92. The highest BCUT2D eigenvalue weighted by atomic mass is 16.7.